The maximum Gasteiger partial charge on any atom is 0.326 e. The molecule has 0 spiro atoms. The van der Waals surface area contributed by atoms with Crippen molar-refractivity contribution in [1.82, 2.24) is 4.98 Å². The zero-order valence-corrected chi connectivity index (χ0v) is 11.6. The summed E-state index contributed by atoms with van der Waals surface area (Å²) in [4.78, 5) is 15.2. The van der Waals surface area contributed by atoms with Crippen LogP contribution in [0.15, 0.2) is 16.7 Å². The van der Waals surface area contributed by atoms with Crippen molar-refractivity contribution in [1.29, 1.82) is 0 Å². The number of carboxylic acids is 1. The number of aliphatic carboxylic acids is 1. The Morgan fingerprint density at radius 1 is 1.65 bits per heavy atom. The number of unbranched alkanes of at least 4 members (excludes halogenated alkanes) is 1. The highest BCUT2D eigenvalue weighted by Gasteiger charge is 2.18. The molecule has 2 N–H and O–H groups in total. The number of aromatic nitrogens is 1. The van der Waals surface area contributed by atoms with E-state index < -0.39 is 12.0 Å². The molecule has 17 heavy (non-hydrogen) atoms. The van der Waals surface area contributed by atoms with Crippen LogP contribution in [0.2, 0.25) is 0 Å². The number of hydrogen-bond acceptors (Lipinski definition) is 3. The second-order valence-corrected chi connectivity index (χ2v) is 4.76. The van der Waals surface area contributed by atoms with Gasteiger partial charge in [0.25, 0.3) is 0 Å². The minimum atomic E-state index is -0.839. The number of carbonyl (C=O) groups is 1. The lowest BCUT2D eigenvalue weighted by Crippen LogP contribution is -2.29. The largest absolute Gasteiger partial charge is 0.480 e. The number of halogens is 1. The molecule has 0 unspecified atom stereocenters. The van der Waals surface area contributed by atoms with E-state index in [2.05, 4.69) is 26.2 Å². The van der Waals surface area contributed by atoms with Gasteiger partial charge in [0, 0.05) is 6.20 Å². The third-order valence-electron chi connectivity index (χ3n) is 2.54. The molecule has 1 atom stereocenters. The van der Waals surface area contributed by atoms with E-state index in [0.717, 1.165) is 22.9 Å². The van der Waals surface area contributed by atoms with Crippen LogP contribution in [0, 0.1) is 6.92 Å². The van der Waals surface area contributed by atoms with Gasteiger partial charge in [-0.3, -0.25) is 0 Å². The van der Waals surface area contributed by atoms with Crippen LogP contribution in [0.4, 0.5) is 5.82 Å². The molecule has 94 valence electrons. The predicted molar refractivity (Wildman–Crippen MR) is 71.2 cm³/mol. The van der Waals surface area contributed by atoms with Crippen LogP contribution in [0.5, 0.6) is 0 Å². The number of anilines is 1. The minimum Gasteiger partial charge on any atom is -0.480 e. The third kappa shape index (κ3) is 4.00. The Balaban J connectivity index is 2.78. The Labute approximate surface area is 110 Å². The van der Waals surface area contributed by atoms with Crippen LogP contribution in [0.25, 0.3) is 0 Å². The first-order valence-corrected chi connectivity index (χ1v) is 6.46. The van der Waals surface area contributed by atoms with E-state index in [1.165, 1.54) is 0 Å². The molecule has 0 bridgehead atoms. The van der Waals surface area contributed by atoms with Crippen molar-refractivity contribution >= 4 is 27.7 Å². The topological polar surface area (TPSA) is 62.2 Å². The average molecular weight is 301 g/mol. The second-order valence-electron chi connectivity index (χ2n) is 3.97. The van der Waals surface area contributed by atoms with Crippen LogP contribution >= 0.6 is 15.9 Å². The molecule has 0 aliphatic rings. The van der Waals surface area contributed by atoms with Gasteiger partial charge < -0.3 is 10.4 Å². The summed E-state index contributed by atoms with van der Waals surface area (Å²) in [7, 11) is 0. The molecule has 1 aromatic rings. The van der Waals surface area contributed by atoms with Gasteiger partial charge in [-0.1, -0.05) is 19.8 Å². The van der Waals surface area contributed by atoms with Crippen molar-refractivity contribution in [2.45, 2.75) is 39.2 Å². The zero-order chi connectivity index (χ0) is 12.8. The summed E-state index contributed by atoms with van der Waals surface area (Å²) in [5.74, 6) is -0.248. The number of carboxylic acid groups (broad SMARTS) is 1. The third-order valence-corrected chi connectivity index (χ3v) is 3.54. The normalized spacial score (nSPS) is 12.2. The zero-order valence-electron chi connectivity index (χ0n) is 10.0. The molecule has 0 aliphatic carbocycles. The molecule has 1 heterocycles. The SMILES string of the molecule is CCCC[C@H](Nc1nccc(C)c1Br)C(=O)O. The van der Waals surface area contributed by atoms with Crippen molar-refractivity contribution in [3.63, 3.8) is 0 Å². The maximum atomic E-state index is 11.1. The molecule has 1 aromatic heterocycles. The van der Waals surface area contributed by atoms with E-state index in [1.807, 2.05) is 19.9 Å². The van der Waals surface area contributed by atoms with E-state index in [4.69, 9.17) is 5.11 Å². The first-order chi connectivity index (χ1) is 8.06. The number of hydrogen-bond donors (Lipinski definition) is 2. The van der Waals surface area contributed by atoms with Crippen LogP contribution in [0.3, 0.4) is 0 Å². The van der Waals surface area contributed by atoms with Crippen LogP contribution in [-0.4, -0.2) is 22.1 Å². The fraction of sp³-hybridized carbons (Fsp3) is 0.500. The molecule has 4 nitrogen and oxygen atoms in total. The lowest BCUT2D eigenvalue weighted by atomic mass is 10.1. The molecule has 5 heteroatoms. The Hall–Kier alpha value is -1.10. The van der Waals surface area contributed by atoms with Crippen molar-refractivity contribution in [3.05, 3.63) is 22.3 Å². The molecule has 0 fully saturated rings. The smallest absolute Gasteiger partial charge is 0.326 e. The lowest BCUT2D eigenvalue weighted by molar-refractivity contribution is -0.138. The number of aryl methyl sites for hydroxylation is 1. The summed E-state index contributed by atoms with van der Waals surface area (Å²) in [6.07, 6.45) is 4.14. The average Bonchev–Trinajstić information content (AvgIpc) is 2.29. The summed E-state index contributed by atoms with van der Waals surface area (Å²) in [6.45, 7) is 3.98. The van der Waals surface area contributed by atoms with Gasteiger partial charge in [0.1, 0.15) is 11.9 Å². The van der Waals surface area contributed by atoms with E-state index in [0.29, 0.717) is 12.2 Å². The van der Waals surface area contributed by atoms with Crippen molar-refractivity contribution in [2.24, 2.45) is 0 Å². The molecule has 0 saturated carbocycles. The van der Waals surface area contributed by atoms with E-state index >= 15 is 0 Å². The van der Waals surface area contributed by atoms with E-state index in [9.17, 15) is 4.79 Å². The molecular formula is C12H17BrN2O2. The first kappa shape index (κ1) is 14.0. The van der Waals surface area contributed by atoms with E-state index in [1.54, 1.807) is 6.20 Å². The Morgan fingerprint density at radius 3 is 2.94 bits per heavy atom. The molecule has 0 amide bonds. The van der Waals surface area contributed by atoms with Gasteiger partial charge in [-0.05, 0) is 40.9 Å². The number of nitrogens with one attached hydrogen (secondary N) is 1. The van der Waals surface area contributed by atoms with Crippen LogP contribution in [-0.2, 0) is 4.79 Å². The summed E-state index contributed by atoms with van der Waals surface area (Å²) < 4.78 is 0.822. The highest BCUT2D eigenvalue weighted by atomic mass is 79.9. The first-order valence-electron chi connectivity index (χ1n) is 5.66. The fourth-order valence-electron chi connectivity index (χ4n) is 1.47. The van der Waals surface area contributed by atoms with Gasteiger partial charge in [0.2, 0.25) is 0 Å². The highest BCUT2D eigenvalue weighted by Crippen LogP contribution is 2.24. The van der Waals surface area contributed by atoms with Crippen molar-refractivity contribution < 1.29 is 9.90 Å². The number of nitrogens with zero attached hydrogens (tertiary/aromatic N) is 1. The monoisotopic (exact) mass is 300 g/mol. The van der Waals surface area contributed by atoms with Gasteiger partial charge in [-0.25, -0.2) is 9.78 Å². The number of pyridine rings is 1. The summed E-state index contributed by atoms with van der Waals surface area (Å²) in [6, 6.07) is 1.29. The van der Waals surface area contributed by atoms with Crippen molar-refractivity contribution in [3.8, 4) is 0 Å². The quantitative estimate of drug-likeness (QED) is 0.847. The summed E-state index contributed by atoms with van der Waals surface area (Å²) >= 11 is 3.41. The molecule has 1 rings (SSSR count). The Kier molecular flexibility index (Phi) is 5.41. The Bertz CT molecular complexity index is 396. The lowest BCUT2D eigenvalue weighted by Gasteiger charge is -2.16. The molecule has 0 radical (unpaired) electrons. The van der Waals surface area contributed by atoms with E-state index in [-0.39, 0.29) is 0 Å². The van der Waals surface area contributed by atoms with Gasteiger partial charge in [0.05, 0.1) is 4.47 Å². The van der Waals surface area contributed by atoms with Gasteiger partial charge in [0.15, 0.2) is 0 Å². The fourth-order valence-corrected chi connectivity index (χ4v) is 1.82. The Morgan fingerprint density at radius 2 is 2.35 bits per heavy atom. The summed E-state index contributed by atoms with van der Waals surface area (Å²) in [5.41, 5.74) is 1.03. The molecule has 0 aliphatic heterocycles. The molecular weight excluding hydrogens is 284 g/mol. The highest BCUT2D eigenvalue weighted by molar-refractivity contribution is 9.10. The molecule has 0 saturated heterocycles. The predicted octanol–water partition coefficient (Wildman–Crippen LogP) is 3.21. The van der Waals surface area contributed by atoms with Gasteiger partial charge in [-0.15, -0.1) is 0 Å². The van der Waals surface area contributed by atoms with Gasteiger partial charge in [-0.2, -0.15) is 0 Å². The molecule has 0 aromatic carbocycles. The van der Waals surface area contributed by atoms with Gasteiger partial charge >= 0.3 is 5.97 Å². The minimum absolute atomic E-state index is 0.583. The van der Waals surface area contributed by atoms with Crippen LogP contribution in [0.1, 0.15) is 31.7 Å². The van der Waals surface area contributed by atoms with Crippen molar-refractivity contribution in [2.75, 3.05) is 5.32 Å². The summed E-state index contributed by atoms with van der Waals surface area (Å²) in [5, 5.41) is 12.1. The standard InChI is InChI=1S/C12H17BrN2O2/c1-3-4-5-9(12(16)17)15-11-10(13)8(2)6-7-14-11/h6-7,9H,3-5H2,1-2H3,(H,14,15)(H,16,17)/t9-/m0/s1. The van der Waals surface area contributed by atoms with Crippen LogP contribution < -0.4 is 5.32 Å². The second kappa shape index (κ2) is 6.59. The number of rotatable bonds is 6. The maximum absolute atomic E-state index is 11.1.